The number of carboxylic acid groups (broad SMARTS) is 1. The van der Waals surface area contributed by atoms with E-state index in [0.717, 1.165) is 5.56 Å². The van der Waals surface area contributed by atoms with E-state index in [4.69, 9.17) is 5.11 Å². The van der Waals surface area contributed by atoms with Gasteiger partial charge in [-0.3, -0.25) is 14.4 Å². The molecule has 0 bridgehead atoms. The number of benzene rings is 1. The summed E-state index contributed by atoms with van der Waals surface area (Å²) in [6, 6.07) is 6.89. The Labute approximate surface area is 129 Å². The lowest BCUT2D eigenvalue weighted by Gasteiger charge is -2.18. The second-order valence-corrected chi connectivity index (χ2v) is 5.80. The largest absolute Gasteiger partial charge is 0.481 e. The van der Waals surface area contributed by atoms with Gasteiger partial charge in [0, 0.05) is 25.6 Å². The third-order valence-electron chi connectivity index (χ3n) is 3.37. The van der Waals surface area contributed by atoms with Gasteiger partial charge in [-0.2, -0.15) is 0 Å². The van der Waals surface area contributed by atoms with Gasteiger partial charge in [0.15, 0.2) is 0 Å². The molecule has 0 saturated heterocycles. The summed E-state index contributed by atoms with van der Waals surface area (Å²) in [5.74, 6) is -1.24. The Balaban J connectivity index is 2.49. The summed E-state index contributed by atoms with van der Waals surface area (Å²) >= 11 is 0. The van der Waals surface area contributed by atoms with E-state index in [1.54, 1.807) is 38.1 Å². The molecule has 120 valence electrons. The number of carbonyl (C=O) groups is 3. The summed E-state index contributed by atoms with van der Waals surface area (Å²) in [4.78, 5) is 33.7. The maximum atomic E-state index is 11.9. The van der Waals surface area contributed by atoms with Crippen molar-refractivity contribution < 1.29 is 19.5 Å². The van der Waals surface area contributed by atoms with Crippen LogP contribution in [0.4, 0.5) is 0 Å². The molecule has 0 unspecified atom stereocenters. The maximum Gasteiger partial charge on any atom is 0.309 e. The number of aliphatic carboxylic acids is 1. The van der Waals surface area contributed by atoms with Gasteiger partial charge in [0.25, 0.3) is 5.91 Å². The fourth-order valence-corrected chi connectivity index (χ4v) is 1.70. The summed E-state index contributed by atoms with van der Waals surface area (Å²) < 4.78 is 0. The van der Waals surface area contributed by atoms with Gasteiger partial charge in [-0.15, -0.1) is 0 Å². The first-order valence-electron chi connectivity index (χ1n) is 7.07. The van der Waals surface area contributed by atoms with E-state index in [9.17, 15) is 14.4 Å². The number of carboxylic acids is 1. The molecule has 0 heterocycles. The molecule has 0 spiro atoms. The Morgan fingerprint density at radius 3 is 2.18 bits per heavy atom. The van der Waals surface area contributed by atoms with Crippen molar-refractivity contribution in [3.8, 4) is 0 Å². The predicted octanol–water partition coefficient (Wildman–Crippen LogP) is 1.55. The Morgan fingerprint density at radius 1 is 1.09 bits per heavy atom. The molecular weight excluding hydrogens is 284 g/mol. The van der Waals surface area contributed by atoms with E-state index in [0.29, 0.717) is 25.1 Å². The van der Waals surface area contributed by atoms with Crippen LogP contribution in [0, 0.1) is 5.41 Å². The van der Waals surface area contributed by atoms with Gasteiger partial charge in [0.1, 0.15) is 0 Å². The minimum absolute atomic E-state index is 0.108. The fraction of sp³-hybridized carbons (Fsp3) is 0.438. The Bertz CT molecular complexity index is 550. The Kier molecular flexibility index (Phi) is 6.10. The highest BCUT2D eigenvalue weighted by Gasteiger charge is 2.26. The first kappa shape index (κ1) is 17.7. The van der Waals surface area contributed by atoms with Crippen LogP contribution in [-0.2, 0) is 16.1 Å². The number of nitrogens with one attached hydrogen (secondary N) is 2. The maximum absolute atomic E-state index is 11.9. The molecule has 6 heteroatoms. The van der Waals surface area contributed by atoms with E-state index in [1.165, 1.54) is 6.92 Å². The average molecular weight is 306 g/mol. The third kappa shape index (κ3) is 5.55. The van der Waals surface area contributed by atoms with Gasteiger partial charge >= 0.3 is 5.97 Å². The van der Waals surface area contributed by atoms with Crippen molar-refractivity contribution in [2.75, 3.05) is 6.54 Å². The zero-order valence-electron chi connectivity index (χ0n) is 13.1. The molecule has 0 fully saturated rings. The summed E-state index contributed by atoms with van der Waals surface area (Å²) in [5.41, 5.74) is 0.536. The van der Waals surface area contributed by atoms with Crippen LogP contribution in [0.15, 0.2) is 24.3 Å². The molecule has 1 aromatic carbocycles. The lowest BCUT2D eigenvalue weighted by Crippen LogP contribution is -2.31. The SMILES string of the molecule is CC(=O)NCc1ccc(C(=O)NCCC(C)(C)C(=O)O)cc1. The highest BCUT2D eigenvalue weighted by atomic mass is 16.4. The van der Waals surface area contributed by atoms with Crippen LogP contribution in [0.1, 0.15) is 43.1 Å². The Hall–Kier alpha value is -2.37. The monoisotopic (exact) mass is 306 g/mol. The molecule has 1 rings (SSSR count). The van der Waals surface area contributed by atoms with Crippen molar-refractivity contribution >= 4 is 17.8 Å². The van der Waals surface area contributed by atoms with Gasteiger partial charge in [-0.25, -0.2) is 0 Å². The van der Waals surface area contributed by atoms with Gasteiger partial charge in [-0.1, -0.05) is 12.1 Å². The quantitative estimate of drug-likeness (QED) is 0.712. The molecule has 0 radical (unpaired) electrons. The normalized spacial score (nSPS) is 10.9. The van der Waals surface area contributed by atoms with Crippen molar-refractivity contribution in [3.63, 3.8) is 0 Å². The number of carbonyl (C=O) groups excluding carboxylic acids is 2. The molecule has 6 nitrogen and oxygen atoms in total. The first-order valence-corrected chi connectivity index (χ1v) is 7.07. The highest BCUT2D eigenvalue weighted by molar-refractivity contribution is 5.94. The number of amides is 2. The number of hydrogen-bond donors (Lipinski definition) is 3. The van der Waals surface area contributed by atoms with E-state index >= 15 is 0 Å². The minimum atomic E-state index is -0.885. The molecule has 0 aliphatic carbocycles. The van der Waals surface area contributed by atoms with Crippen LogP contribution in [0.25, 0.3) is 0 Å². The standard InChI is InChI=1S/C16H22N2O4/c1-11(19)18-10-12-4-6-13(7-5-12)14(20)17-9-8-16(2,3)15(21)22/h4-7H,8-10H2,1-3H3,(H,17,20)(H,18,19)(H,21,22). The van der Waals surface area contributed by atoms with Gasteiger partial charge in [0.2, 0.25) is 5.91 Å². The topological polar surface area (TPSA) is 95.5 Å². The van der Waals surface area contributed by atoms with Crippen LogP contribution in [0.2, 0.25) is 0 Å². The van der Waals surface area contributed by atoms with E-state index in [1.807, 2.05) is 0 Å². The number of rotatable bonds is 7. The van der Waals surface area contributed by atoms with Crippen LogP contribution in [0.5, 0.6) is 0 Å². The molecule has 0 aromatic heterocycles. The van der Waals surface area contributed by atoms with Gasteiger partial charge < -0.3 is 15.7 Å². The third-order valence-corrected chi connectivity index (χ3v) is 3.37. The Morgan fingerprint density at radius 2 is 1.68 bits per heavy atom. The second-order valence-electron chi connectivity index (χ2n) is 5.80. The molecule has 0 aliphatic heterocycles. The molecule has 0 atom stereocenters. The smallest absolute Gasteiger partial charge is 0.309 e. The van der Waals surface area contributed by atoms with Crippen molar-refractivity contribution in [2.45, 2.75) is 33.7 Å². The predicted molar refractivity (Wildman–Crippen MR) is 82.3 cm³/mol. The summed E-state index contributed by atoms with van der Waals surface area (Å²) in [7, 11) is 0. The molecule has 0 aliphatic rings. The van der Waals surface area contributed by atoms with Crippen molar-refractivity contribution in [1.82, 2.24) is 10.6 Å². The van der Waals surface area contributed by atoms with Crippen molar-refractivity contribution in [1.29, 1.82) is 0 Å². The fourth-order valence-electron chi connectivity index (χ4n) is 1.70. The average Bonchev–Trinajstić information content (AvgIpc) is 2.45. The molecule has 1 aromatic rings. The highest BCUT2D eigenvalue weighted by Crippen LogP contribution is 2.19. The van der Waals surface area contributed by atoms with Crippen molar-refractivity contribution in [2.24, 2.45) is 5.41 Å². The van der Waals surface area contributed by atoms with Gasteiger partial charge in [0.05, 0.1) is 5.41 Å². The van der Waals surface area contributed by atoms with E-state index < -0.39 is 11.4 Å². The summed E-state index contributed by atoms with van der Waals surface area (Å²) in [5, 5.41) is 14.4. The lowest BCUT2D eigenvalue weighted by molar-refractivity contribution is -0.147. The van der Waals surface area contributed by atoms with Crippen molar-refractivity contribution in [3.05, 3.63) is 35.4 Å². The zero-order valence-corrected chi connectivity index (χ0v) is 13.1. The van der Waals surface area contributed by atoms with Gasteiger partial charge in [-0.05, 0) is 38.0 Å². The molecule has 22 heavy (non-hydrogen) atoms. The van der Waals surface area contributed by atoms with E-state index in [-0.39, 0.29) is 11.8 Å². The number of hydrogen-bond acceptors (Lipinski definition) is 3. The molecular formula is C16H22N2O4. The molecule has 0 saturated carbocycles. The summed E-state index contributed by atoms with van der Waals surface area (Å²) in [6.45, 7) is 5.41. The zero-order chi connectivity index (χ0) is 16.8. The van der Waals surface area contributed by atoms with E-state index in [2.05, 4.69) is 10.6 Å². The summed E-state index contributed by atoms with van der Waals surface area (Å²) in [6.07, 6.45) is 0.356. The molecule has 3 N–H and O–H groups in total. The van der Waals surface area contributed by atoms with Crippen LogP contribution in [0.3, 0.4) is 0 Å². The first-order chi connectivity index (χ1) is 10.2. The second kappa shape index (κ2) is 7.59. The van der Waals surface area contributed by atoms with Crippen LogP contribution >= 0.6 is 0 Å². The lowest BCUT2D eigenvalue weighted by atomic mass is 9.90. The minimum Gasteiger partial charge on any atom is -0.481 e. The molecule has 2 amide bonds. The van der Waals surface area contributed by atoms with Crippen LogP contribution in [-0.4, -0.2) is 29.4 Å². The van der Waals surface area contributed by atoms with Crippen LogP contribution < -0.4 is 10.6 Å².